The zero-order valence-electron chi connectivity index (χ0n) is 24.6. The molecular formula is C30H25F2N3O6. The van der Waals surface area contributed by atoms with Gasteiger partial charge in [-0.1, -0.05) is 6.07 Å². The smallest absolute Gasteiger partial charge is 0.484 e. The number of carbonyl (C=O) groups excluding carboxylic acids is 1. The number of amides is 1. The van der Waals surface area contributed by atoms with Crippen LogP contribution >= 0.6 is 0 Å². The number of alkyl halides is 2. The van der Waals surface area contributed by atoms with E-state index in [1.54, 1.807) is 28.9 Å². The molecule has 0 saturated carbocycles. The van der Waals surface area contributed by atoms with Gasteiger partial charge in [0.25, 0.3) is 5.91 Å². The van der Waals surface area contributed by atoms with E-state index in [1.165, 1.54) is 30.3 Å². The molecule has 6 rings (SSSR count). The standard InChI is InChI=1S/C30H25F2N3O6/c1-17-23-7-4-8-25(39-22-12-9-18(10-13-22)29(37)38)27(23)35(33-17)21-6-3-5-19(15-21)28(36)34(2)20-11-14-24-26(16-20)41-30(31,32)40-24/h3,5-6,9-16,25H,4,7-8H2,1-2H3,(H,37,38)/i2D3. The first kappa shape index (κ1) is 22.8. The van der Waals surface area contributed by atoms with Crippen LogP contribution in [0.2, 0.25) is 0 Å². The van der Waals surface area contributed by atoms with Crippen molar-refractivity contribution in [2.75, 3.05) is 11.9 Å². The highest BCUT2D eigenvalue weighted by Crippen LogP contribution is 2.43. The van der Waals surface area contributed by atoms with E-state index in [-0.39, 0.29) is 22.6 Å². The van der Waals surface area contributed by atoms with Crippen LogP contribution < -0.4 is 19.1 Å². The number of hydrogen-bond acceptors (Lipinski definition) is 6. The lowest BCUT2D eigenvalue weighted by Gasteiger charge is -2.26. The van der Waals surface area contributed by atoms with Crippen molar-refractivity contribution in [3.63, 3.8) is 0 Å². The fourth-order valence-corrected chi connectivity index (χ4v) is 5.06. The van der Waals surface area contributed by atoms with Gasteiger partial charge < -0.3 is 24.2 Å². The van der Waals surface area contributed by atoms with Crippen molar-refractivity contribution in [3.05, 3.63) is 94.8 Å². The maximum atomic E-state index is 13.7. The topological polar surface area (TPSA) is 103 Å². The molecule has 1 N–H and O–H groups in total. The van der Waals surface area contributed by atoms with Crippen LogP contribution in [0.1, 0.15) is 60.7 Å². The van der Waals surface area contributed by atoms with Crippen LogP contribution in [0.4, 0.5) is 14.5 Å². The number of anilines is 1. The first-order valence-electron chi connectivity index (χ1n) is 14.2. The fourth-order valence-electron chi connectivity index (χ4n) is 5.06. The van der Waals surface area contributed by atoms with Crippen LogP contribution in [0.25, 0.3) is 5.69 Å². The third kappa shape index (κ3) is 4.94. The summed E-state index contributed by atoms with van der Waals surface area (Å²) in [4.78, 5) is 25.5. The summed E-state index contributed by atoms with van der Waals surface area (Å²) in [5, 5.41) is 13.9. The molecule has 3 aromatic carbocycles. The molecule has 2 aliphatic rings. The predicted molar refractivity (Wildman–Crippen MR) is 143 cm³/mol. The van der Waals surface area contributed by atoms with Crippen molar-refractivity contribution in [1.29, 1.82) is 0 Å². The quantitative estimate of drug-likeness (QED) is 0.310. The molecule has 2 heterocycles. The van der Waals surface area contributed by atoms with Crippen LogP contribution in [-0.2, 0) is 6.42 Å². The Hall–Kier alpha value is -4.93. The lowest BCUT2D eigenvalue weighted by molar-refractivity contribution is -0.286. The Bertz CT molecular complexity index is 1770. The first-order valence-corrected chi connectivity index (χ1v) is 12.7. The van der Waals surface area contributed by atoms with Crippen molar-refractivity contribution in [2.45, 2.75) is 38.6 Å². The van der Waals surface area contributed by atoms with Gasteiger partial charge in [0.2, 0.25) is 0 Å². The monoisotopic (exact) mass is 564 g/mol. The number of aromatic nitrogens is 2. The maximum absolute atomic E-state index is 13.7. The molecule has 0 bridgehead atoms. The minimum Gasteiger partial charge on any atom is -0.484 e. The number of ether oxygens (including phenoxy) is 3. The van der Waals surface area contributed by atoms with Crippen molar-refractivity contribution in [3.8, 4) is 22.9 Å². The zero-order valence-corrected chi connectivity index (χ0v) is 21.6. The average Bonchev–Trinajstić information content (AvgIpc) is 3.47. The highest BCUT2D eigenvalue weighted by atomic mass is 19.3. The molecule has 1 amide bonds. The van der Waals surface area contributed by atoms with Crippen LogP contribution in [0, 0.1) is 6.92 Å². The third-order valence-electron chi connectivity index (χ3n) is 6.99. The molecule has 9 nitrogen and oxygen atoms in total. The molecule has 210 valence electrons. The van der Waals surface area contributed by atoms with Gasteiger partial charge in [-0.25, -0.2) is 9.48 Å². The van der Waals surface area contributed by atoms with Crippen LogP contribution in [-0.4, -0.2) is 40.0 Å². The number of carbonyl (C=O) groups is 2. The molecular weight excluding hydrogens is 536 g/mol. The highest BCUT2D eigenvalue weighted by molar-refractivity contribution is 6.06. The van der Waals surface area contributed by atoms with Gasteiger partial charge >= 0.3 is 12.3 Å². The molecule has 1 unspecified atom stereocenters. The molecule has 1 aromatic heterocycles. The summed E-state index contributed by atoms with van der Waals surface area (Å²) in [5.74, 6) is -2.15. The number of nitrogens with zero attached hydrogens (tertiary/aromatic N) is 3. The lowest BCUT2D eigenvalue weighted by Crippen LogP contribution is -2.26. The lowest BCUT2D eigenvalue weighted by atomic mass is 9.93. The Morgan fingerprint density at radius 2 is 1.88 bits per heavy atom. The summed E-state index contributed by atoms with van der Waals surface area (Å²) >= 11 is 0. The molecule has 0 radical (unpaired) electrons. The largest absolute Gasteiger partial charge is 0.586 e. The van der Waals surface area contributed by atoms with Crippen molar-refractivity contribution in [2.24, 2.45) is 0 Å². The van der Waals surface area contributed by atoms with Gasteiger partial charge in [-0.2, -0.15) is 5.10 Å². The summed E-state index contributed by atoms with van der Waals surface area (Å²) in [6.07, 6.45) is -2.08. The second-order valence-electron chi connectivity index (χ2n) is 9.68. The van der Waals surface area contributed by atoms with Crippen molar-refractivity contribution < 1.29 is 41.8 Å². The highest BCUT2D eigenvalue weighted by Gasteiger charge is 2.43. The zero-order chi connectivity index (χ0) is 31.4. The van der Waals surface area contributed by atoms with E-state index in [0.717, 1.165) is 41.9 Å². The first-order chi connectivity index (χ1) is 20.8. The summed E-state index contributed by atoms with van der Waals surface area (Å²) in [6.45, 7) is -1.10. The minimum absolute atomic E-state index is 0.0149. The number of rotatable bonds is 6. The van der Waals surface area contributed by atoms with E-state index in [0.29, 0.717) is 22.8 Å². The van der Waals surface area contributed by atoms with Crippen LogP contribution in [0.3, 0.4) is 0 Å². The molecule has 41 heavy (non-hydrogen) atoms. The van der Waals surface area contributed by atoms with Gasteiger partial charge in [0, 0.05) is 34.0 Å². The second-order valence-corrected chi connectivity index (χ2v) is 9.68. The predicted octanol–water partition coefficient (Wildman–Crippen LogP) is 5.93. The van der Waals surface area contributed by atoms with E-state index in [2.05, 4.69) is 9.47 Å². The number of halogens is 2. The number of hydrogen-bond donors (Lipinski definition) is 1. The molecule has 11 heteroatoms. The molecule has 0 fully saturated rings. The van der Waals surface area contributed by atoms with Crippen LogP contribution in [0.15, 0.2) is 66.7 Å². The van der Waals surface area contributed by atoms with Gasteiger partial charge in [0.15, 0.2) is 11.5 Å². The number of fused-ring (bicyclic) bond motifs is 2. The molecule has 4 aromatic rings. The van der Waals surface area contributed by atoms with Gasteiger partial charge in [-0.05, 0) is 80.8 Å². The molecule has 1 aliphatic heterocycles. The molecule has 0 saturated heterocycles. The Kier molecular flexibility index (Phi) is 5.52. The van der Waals surface area contributed by atoms with Gasteiger partial charge in [0.1, 0.15) is 11.9 Å². The van der Waals surface area contributed by atoms with Gasteiger partial charge in [-0.3, -0.25) is 4.79 Å². The number of aromatic carboxylic acids is 1. The maximum Gasteiger partial charge on any atom is 0.586 e. The summed E-state index contributed by atoms with van der Waals surface area (Å²) in [6, 6.07) is 15.7. The Morgan fingerprint density at radius 1 is 1.10 bits per heavy atom. The summed E-state index contributed by atoms with van der Waals surface area (Å²) in [7, 11) is 0. The molecule has 0 spiro atoms. The summed E-state index contributed by atoms with van der Waals surface area (Å²) < 4.78 is 68.1. The normalized spacial score (nSPS) is 18.0. The number of aryl methyl sites for hydroxylation is 1. The van der Waals surface area contributed by atoms with E-state index >= 15 is 0 Å². The fraction of sp³-hybridized carbons (Fsp3) is 0.233. The van der Waals surface area contributed by atoms with E-state index in [4.69, 9.17) is 13.9 Å². The Labute approximate surface area is 237 Å². The minimum atomic E-state index is -3.91. The van der Waals surface area contributed by atoms with Gasteiger partial charge in [0.05, 0.1) is 22.6 Å². The SMILES string of the molecule is [2H]C([2H])([2H])N(C(=O)c1cccc(-n2nc(C)c3c2C(Oc2ccc(C(=O)O)cc2)CCC3)c1)c1ccc2c(c1)OC(F)(F)O2. The number of carboxylic acid groups (broad SMARTS) is 1. The number of carboxylic acids is 1. The third-order valence-corrected chi connectivity index (χ3v) is 6.99. The Morgan fingerprint density at radius 3 is 2.63 bits per heavy atom. The average molecular weight is 565 g/mol. The second kappa shape index (κ2) is 9.92. The van der Waals surface area contributed by atoms with Crippen molar-refractivity contribution in [1.82, 2.24) is 9.78 Å². The van der Waals surface area contributed by atoms with E-state index < -0.39 is 37.0 Å². The van der Waals surface area contributed by atoms with Crippen LogP contribution in [0.5, 0.6) is 17.2 Å². The number of benzene rings is 3. The van der Waals surface area contributed by atoms with E-state index in [9.17, 15) is 23.5 Å². The van der Waals surface area contributed by atoms with Crippen molar-refractivity contribution >= 4 is 17.6 Å². The van der Waals surface area contributed by atoms with E-state index in [1.807, 2.05) is 6.92 Å². The van der Waals surface area contributed by atoms with Gasteiger partial charge in [-0.15, -0.1) is 8.78 Å². The summed E-state index contributed by atoms with van der Waals surface area (Å²) in [5.41, 5.74) is 2.97. The Balaban J connectivity index is 1.34. The molecule has 1 atom stereocenters. The molecule has 1 aliphatic carbocycles.